The van der Waals surface area contributed by atoms with E-state index in [4.69, 9.17) is 0 Å². The highest BCUT2D eigenvalue weighted by molar-refractivity contribution is 8.00. The minimum absolute atomic E-state index is 0.0147. The van der Waals surface area contributed by atoms with Gasteiger partial charge in [-0.05, 0) is 24.5 Å². The van der Waals surface area contributed by atoms with Crippen molar-refractivity contribution in [1.29, 1.82) is 0 Å². The lowest BCUT2D eigenvalue weighted by atomic mass is 9.95. The second kappa shape index (κ2) is 6.36. The molecule has 0 radical (unpaired) electrons. The molecule has 1 amide bonds. The number of aliphatic hydroxyl groups excluding tert-OH is 1. The summed E-state index contributed by atoms with van der Waals surface area (Å²) in [5, 5.41) is 10.8. The van der Waals surface area contributed by atoms with Crippen molar-refractivity contribution in [3.63, 3.8) is 0 Å². The summed E-state index contributed by atoms with van der Waals surface area (Å²) in [4.78, 5) is 18.6. The fourth-order valence-corrected chi connectivity index (χ4v) is 3.25. The van der Waals surface area contributed by atoms with Crippen LogP contribution in [-0.4, -0.2) is 44.8 Å². The summed E-state index contributed by atoms with van der Waals surface area (Å²) in [6, 6.07) is 3.60. The van der Waals surface area contributed by atoms with Gasteiger partial charge in [-0.2, -0.15) is 0 Å². The Morgan fingerprint density at radius 1 is 1.48 bits per heavy atom. The Morgan fingerprint density at radius 2 is 2.19 bits per heavy atom. The SMILES string of the molecule is C[C@@H]1CCN(C(=O)c2ccnc(SC(C)(C)C)c2)C[C@H]1O. The Bertz CT molecular complexity index is 513. The summed E-state index contributed by atoms with van der Waals surface area (Å²) in [5.74, 6) is 0.248. The monoisotopic (exact) mass is 308 g/mol. The second-order valence-corrected chi connectivity index (χ2v) is 8.53. The average Bonchev–Trinajstić information content (AvgIpc) is 2.39. The number of thioether (sulfide) groups is 1. The zero-order valence-corrected chi connectivity index (χ0v) is 14.0. The molecule has 2 rings (SSSR count). The van der Waals surface area contributed by atoms with Crippen LogP contribution in [0.3, 0.4) is 0 Å². The lowest BCUT2D eigenvalue weighted by molar-refractivity contribution is 0.0248. The fraction of sp³-hybridized carbons (Fsp3) is 0.625. The van der Waals surface area contributed by atoms with Crippen molar-refractivity contribution in [3.8, 4) is 0 Å². The topological polar surface area (TPSA) is 53.4 Å². The molecule has 0 spiro atoms. The van der Waals surface area contributed by atoms with Gasteiger partial charge >= 0.3 is 0 Å². The van der Waals surface area contributed by atoms with Crippen molar-refractivity contribution in [3.05, 3.63) is 23.9 Å². The van der Waals surface area contributed by atoms with Gasteiger partial charge in [0.25, 0.3) is 5.91 Å². The number of hydrogen-bond donors (Lipinski definition) is 1. The molecule has 0 aromatic carbocycles. The quantitative estimate of drug-likeness (QED) is 0.854. The normalized spacial score (nSPS) is 23.2. The van der Waals surface area contributed by atoms with Gasteiger partial charge < -0.3 is 10.0 Å². The summed E-state index contributed by atoms with van der Waals surface area (Å²) < 4.78 is 0.0609. The van der Waals surface area contributed by atoms with Crippen LogP contribution >= 0.6 is 11.8 Å². The van der Waals surface area contributed by atoms with Gasteiger partial charge in [0, 0.05) is 29.6 Å². The maximum atomic E-state index is 12.5. The maximum absolute atomic E-state index is 12.5. The number of piperidine rings is 1. The number of carbonyl (C=O) groups excluding carboxylic acids is 1. The first-order chi connectivity index (χ1) is 9.76. The molecule has 0 unspecified atom stereocenters. The Hall–Kier alpha value is -1.07. The van der Waals surface area contributed by atoms with Crippen LogP contribution in [0.25, 0.3) is 0 Å². The Balaban J connectivity index is 2.11. The van der Waals surface area contributed by atoms with Gasteiger partial charge in [-0.25, -0.2) is 4.98 Å². The number of aliphatic hydroxyl groups is 1. The van der Waals surface area contributed by atoms with E-state index < -0.39 is 6.10 Å². The van der Waals surface area contributed by atoms with Crippen LogP contribution in [0.15, 0.2) is 23.4 Å². The Morgan fingerprint density at radius 3 is 2.81 bits per heavy atom. The Kier molecular flexibility index (Phi) is 4.94. The van der Waals surface area contributed by atoms with Gasteiger partial charge in [0.1, 0.15) is 0 Å². The molecule has 5 heteroatoms. The van der Waals surface area contributed by atoms with Gasteiger partial charge in [-0.15, -0.1) is 11.8 Å². The van der Waals surface area contributed by atoms with Gasteiger partial charge in [-0.3, -0.25) is 4.79 Å². The molecule has 1 N–H and O–H groups in total. The van der Waals surface area contributed by atoms with Gasteiger partial charge in [0.2, 0.25) is 0 Å². The fourth-order valence-electron chi connectivity index (χ4n) is 2.33. The third kappa shape index (κ3) is 4.45. The van der Waals surface area contributed by atoms with Crippen molar-refractivity contribution in [2.75, 3.05) is 13.1 Å². The van der Waals surface area contributed by atoms with Gasteiger partial charge in [0.05, 0.1) is 11.1 Å². The van der Waals surface area contributed by atoms with Crippen LogP contribution in [0.5, 0.6) is 0 Å². The van der Waals surface area contributed by atoms with Crippen molar-refractivity contribution in [2.24, 2.45) is 5.92 Å². The second-order valence-electron chi connectivity index (χ2n) is 6.68. The van der Waals surface area contributed by atoms with E-state index in [0.717, 1.165) is 11.4 Å². The summed E-state index contributed by atoms with van der Waals surface area (Å²) >= 11 is 1.65. The zero-order chi connectivity index (χ0) is 15.6. The highest BCUT2D eigenvalue weighted by Gasteiger charge is 2.28. The number of aromatic nitrogens is 1. The summed E-state index contributed by atoms with van der Waals surface area (Å²) in [5.41, 5.74) is 0.651. The van der Waals surface area contributed by atoms with E-state index >= 15 is 0 Å². The van der Waals surface area contributed by atoms with Crippen LogP contribution < -0.4 is 0 Å². The van der Waals surface area contributed by atoms with Crippen molar-refractivity contribution in [1.82, 2.24) is 9.88 Å². The van der Waals surface area contributed by atoms with E-state index in [1.165, 1.54) is 0 Å². The number of hydrogen-bond acceptors (Lipinski definition) is 4. The zero-order valence-electron chi connectivity index (χ0n) is 13.2. The summed E-state index contributed by atoms with van der Waals surface area (Å²) in [7, 11) is 0. The van der Waals surface area contributed by atoms with E-state index in [1.807, 2.05) is 13.0 Å². The largest absolute Gasteiger partial charge is 0.391 e. The van der Waals surface area contributed by atoms with E-state index in [9.17, 15) is 9.90 Å². The third-order valence-corrected chi connectivity index (χ3v) is 4.64. The van der Waals surface area contributed by atoms with E-state index in [-0.39, 0.29) is 16.6 Å². The number of rotatable bonds is 2. The molecule has 1 fully saturated rings. The average molecular weight is 308 g/mol. The minimum Gasteiger partial charge on any atom is -0.391 e. The molecule has 0 bridgehead atoms. The molecule has 1 aromatic heterocycles. The number of likely N-dealkylation sites (tertiary alicyclic amines) is 1. The highest BCUT2D eigenvalue weighted by Crippen LogP contribution is 2.30. The standard InChI is InChI=1S/C16H24N2O2S/c1-11-6-8-18(10-13(11)19)15(20)12-5-7-17-14(9-12)21-16(2,3)4/h5,7,9,11,13,19H,6,8,10H2,1-4H3/t11-,13-/m1/s1. The molecule has 0 aliphatic carbocycles. The third-order valence-electron chi connectivity index (χ3n) is 3.60. The predicted molar refractivity (Wildman–Crippen MR) is 85.5 cm³/mol. The van der Waals surface area contributed by atoms with Crippen molar-refractivity contribution in [2.45, 2.75) is 50.0 Å². The number of amides is 1. The van der Waals surface area contributed by atoms with Crippen molar-refractivity contribution < 1.29 is 9.90 Å². The molecule has 2 atom stereocenters. The molecular weight excluding hydrogens is 284 g/mol. The first-order valence-corrected chi connectivity index (χ1v) is 8.20. The Labute approximate surface area is 130 Å². The molecule has 0 saturated carbocycles. The van der Waals surface area contributed by atoms with Crippen molar-refractivity contribution >= 4 is 17.7 Å². The molecular formula is C16H24N2O2S. The lowest BCUT2D eigenvalue weighted by Crippen LogP contribution is -2.45. The van der Waals surface area contributed by atoms with Gasteiger partial charge in [0.15, 0.2) is 0 Å². The number of carbonyl (C=O) groups is 1. The molecule has 1 aromatic rings. The molecule has 4 nitrogen and oxygen atoms in total. The summed E-state index contributed by atoms with van der Waals surface area (Å²) in [6.07, 6.45) is 2.11. The highest BCUT2D eigenvalue weighted by atomic mass is 32.2. The smallest absolute Gasteiger partial charge is 0.254 e. The minimum atomic E-state index is -0.423. The molecule has 1 aliphatic rings. The maximum Gasteiger partial charge on any atom is 0.254 e. The van der Waals surface area contributed by atoms with E-state index in [2.05, 4.69) is 25.8 Å². The lowest BCUT2D eigenvalue weighted by Gasteiger charge is -2.34. The first-order valence-electron chi connectivity index (χ1n) is 7.38. The molecule has 2 heterocycles. The molecule has 1 saturated heterocycles. The predicted octanol–water partition coefficient (Wildman–Crippen LogP) is 2.82. The van der Waals surface area contributed by atoms with Gasteiger partial charge in [-0.1, -0.05) is 27.7 Å². The summed E-state index contributed by atoms with van der Waals surface area (Å²) in [6.45, 7) is 9.52. The first kappa shape index (κ1) is 16.3. The molecule has 1 aliphatic heterocycles. The van der Waals surface area contributed by atoms with E-state index in [1.54, 1.807) is 28.9 Å². The van der Waals surface area contributed by atoms with E-state index in [0.29, 0.717) is 18.7 Å². The molecule has 116 valence electrons. The molecule has 21 heavy (non-hydrogen) atoms. The van der Waals surface area contributed by atoms with Crippen LogP contribution in [-0.2, 0) is 0 Å². The number of pyridine rings is 1. The number of β-amino-alcohol motifs (C(OH)–C–C–N with tert-alkyl or cyclic N) is 1. The van der Waals surface area contributed by atoms with Crippen LogP contribution in [0.1, 0.15) is 44.5 Å². The van der Waals surface area contributed by atoms with Crippen LogP contribution in [0, 0.1) is 5.92 Å². The van der Waals surface area contributed by atoms with Crippen LogP contribution in [0.2, 0.25) is 0 Å². The number of nitrogens with zero attached hydrogens (tertiary/aromatic N) is 2. The van der Waals surface area contributed by atoms with Crippen LogP contribution in [0.4, 0.5) is 0 Å².